The van der Waals surface area contributed by atoms with Crippen molar-refractivity contribution >= 4 is 5.97 Å². The highest BCUT2D eigenvalue weighted by atomic mass is 16.4. The smallest absolute Gasteiger partial charge is 0.305 e. The first kappa shape index (κ1) is 12.5. The molecule has 0 amide bonds. The molecule has 0 radical (unpaired) electrons. The van der Waals surface area contributed by atoms with Crippen molar-refractivity contribution in [3.8, 4) is 0 Å². The lowest BCUT2D eigenvalue weighted by Gasteiger charge is -2.50. The molecule has 1 fully saturated rings. The van der Waals surface area contributed by atoms with Crippen LogP contribution in [0.2, 0.25) is 0 Å². The summed E-state index contributed by atoms with van der Waals surface area (Å²) < 4.78 is 0. The minimum absolute atomic E-state index is 0.134. The van der Waals surface area contributed by atoms with Crippen molar-refractivity contribution in [2.75, 3.05) is 26.2 Å². The van der Waals surface area contributed by atoms with E-state index in [0.717, 1.165) is 26.2 Å². The summed E-state index contributed by atoms with van der Waals surface area (Å²) in [5, 5.41) is 12.1. The average Bonchev–Trinajstić information content (AvgIpc) is 2.07. The molecule has 0 saturated carbocycles. The molecule has 1 aliphatic heterocycles. The lowest BCUT2D eigenvalue weighted by Crippen LogP contribution is -2.70. The van der Waals surface area contributed by atoms with Crippen LogP contribution in [0, 0.1) is 5.92 Å². The van der Waals surface area contributed by atoms with Gasteiger partial charge >= 0.3 is 5.97 Å². The topological polar surface area (TPSA) is 52.6 Å². The van der Waals surface area contributed by atoms with Gasteiger partial charge in [0.25, 0.3) is 0 Å². The van der Waals surface area contributed by atoms with Gasteiger partial charge in [0, 0.05) is 19.6 Å². The van der Waals surface area contributed by atoms with Crippen LogP contribution in [0.1, 0.15) is 27.2 Å². The maximum absolute atomic E-state index is 10.9. The molecule has 0 aromatic rings. The molecule has 4 heteroatoms. The maximum atomic E-state index is 10.9. The second kappa shape index (κ2) is 4.94. The molecule has 0 aromatic carbocycles. The Kier molecular flexibility index (Phi) is 4.11. The summed E-state index contributed by atoms with van der Waals surface area (Å²) in [6.07, 6.45) is 0.251. The van der Waals surface area contributed by atoms with Gasteiger partial charge in [-0.2, -0.15) is 0 Å². The van der Waals surface area contributed by atoms with E-state index in [2.05, 4.69) is 31.0 Å². The molecule has 1 aliphatic rings. The first-order chi connectivity index (χ1) is 7.00. The van der Waals surface area contributed by atoms with E-state index in [4.69, 9.17) is 5.11 Å². The number of likely N-dealkylation sites (N-methyl/N-ethyl adjacent to an activating group) is 1. The molecule has 1 rings (SSSR count). The van der Waals surface area contributed by atoms with E-state index >= 15 is 0 Å². The molecule has 0 unspecified atom stereocenters. The maximum Gasteiger partial charge on any atom is 0.305 e. The summed E-state index contributed by atoms with van der Waals surface area (Å²) in [7, 11) is 0. The first-order valence-electron chi connectivity index (χ1n) is 5.68. The summed E-state index contributed by atoms with van der Waals surface area (Å²) >= 11 is 0. The van der Waals surface area contributed by atoms with E-state index < -0.39 is 5.97 Å². The van der Waals surface area contributed by atoms with Gasteiger partial charge in [-0.3, -0.25) is 9.69 Å². The summed E-state index contributed by atoms with van der Waals surface area (Å²) in [6.45, 7) is 9.95. The zero-order valence-corrected chi connectivity index (χ0v) is 9.92. The zero-order chi connectivity index (χ0) is 11.5. The van der Waals surface area contributed by atoms with Crippen LogP contribution < -0.4 is 5.32 Å². The average molecular weight is 214 g/mol. The van der Waals surface area contributed by atoms with Crippen LogP contribution in [0.15, 0.2) is 0 Å². The SMILES string of the molecule is CCN(CC(C)C)C1(CC(=O)O)CNC1. The largest absolute Gasteiger partial charge is 0.481 e. The van der Waals surface area contributed by atoms with Gasteiger partial charge in [0.15, 0.2) is 0 Å². The van der Waals surface area contributed by atoms with E-state index in [1.165, 1.54) is 0 Å². The molecule has 88 valence electrons. The molecule has 1 saturated heterocycles. The van der Waals surface area contributed by atoms with Crippen LogP contribution in [0.5, 0.6) is 0 Å². The fraction of sp³-hybridized carbons (Fsp3) is 0.909. The number of aliphatic carboxylic acids is 1. The predicted molar refractivity (Wildman–Crippen MR) is 59.9 cm³/mol. The van der Waals surface area contributed by atoms with Gasteiger partial charge in [0.1, 0.15) is 0 Å². The van der Waals surface area contributed by atoms with Gasteiger partial charge in [0.2, 0.25) is 0 Å². The second-order valence-electron chi connectivity index (χ2n) is 4.83. The molecule has 0 bridgehead atoms. The Hall–Kier alpha value is -0.610. The number of carboxylic acids is 1. The van der Waals surface area contributed by atoms with Crippen molar-refractivity contribution in [3.63, 3.8) is 0 Å². The van der Waals surface area contributed by atoms with Gasteiger partial charge < -0.3 is 10.4 Å². The number of hydrogen-bond donors (Lipinski definition) is 2. The van der Waals surface area contributed by atoms with Gasteiger partial charge in [-0.1, -0.05) is 20.8 Å². The van der Waals surface area contributed by atoms with Crippen LogP contribution in [0.25, 0.3) is 0 Å². The second-order valence-corrected chi connectivity index (χ2v) is 4.83. The van der Waals surface area contributed by atoms with Gasteiger partial charge in [-0.25, -0.2) is 0 Å². The molecule has 0 aliphatic carbocycles. The van der Waals surface area contributed by atoms with Crippen LogP contribution in [-0.2, 0) is 4.79 Å². The molecular formula is C11H22N2O2. The lowest BCUT2D eigenvalue weighted by atomic mass is 9.85. The highest BCUT2D eigenvalue weighted by molar-refractivity contribution is 5.68. The Morgan fingerprint density at radius 3 is 2.40 bits per heavy atom. The minimum Gasteiger partial charge on any atom is -0.481 e. The van der Waals surface area contributed by atoms with Crippen molar-refractivity contribution in [1.82, 2.24) is 10.2 Å². The summed E-state index contributed by atoms with van der Waals surface area (Å²) in [5.74, 6) is -0.116. The molecule has 4 nitrogen and oxygen atoms in total. The molecular weight excluding hydrogens is 192 g/mol. The van der Waals surface area contributed by atoms with E-state index in [1.807, 2.05) is 0 Å². The number of nitrogens with zero attached hydrogens (tertiary/aromatic N) is 1. The fourth-order valence-corrected chi connectivity index (χ4v) is 2.25. The number of hydrogen-bond acceptors (Lipinski definition) is 3. The summed E-state index contributed by atoms with van der Waals surface area (Å²) in [4.78, 5) is 13.2. The van der Waals surface area contributed by atoms with Gasteiger partial charge in [0.05, 0.1) is 12.0 Å². The van der Waals surface area contributed by atoms with E-state index in [0.29, 0.717) is 5.92 Å². The quantitative estimate of drug-likeness (QED) is 0.686. The van der Waals surface area contributed by atoms with Crippen LogP contribution in [0.4, 0.5) is 0 Å². The Morgan fingerprint density at radius 1 is 1.53 bits per heavy atom. The van der Waals surface area contributed by atoms with Crippen molar-refractivity contribution in [2.45, 2.75) is 32.7 Å². The Bertz CT molecular complexity index is 225. The van der Waals surface area contributed by atoms with Crippen molar-refractivity contribution < 1.29 is 9.90 Å². The molecule has 2 N–H and O–H groups in total. The number of nitrogens with one attached hydrogen (secondary N) is 1. The minimum atomic E-state index is -0.696. The zero-order valence-electron chi connectivity index (χ0n) is 9.92. The third kappa shape index (κ3) is 2.92. The van der Waals surface area contributed by atoms with Gasteiger partial charge in [-0.15, -0.1) is 0 Å². The molecule has 0 atom stereocenters. The van der Waals surface area contributed by atoms with E-state index in [-0.39, 0.29) is 12.0 Å². The normalized spacial score (nSPS) is 19.3. The molecule has 0 aromatic heterocycles. The highest BCUT2D eigenvalue weighted by Crippen LogP contribution is 2.25. The summed E-state index contributed by atoms with van der Waals surface area (Å²) in [6, 6.07) is 0. The molecule has 0 spiro atoms. The Labute approximate surface area is 91.6 Å². The highest BCUT2D eigenvalue weighted by Gasteiger charge is 2.43. The number of carbonyl (C=O) groups is 1. The number of rotatable bonds is 6. The number of carboxylic acid groups (broad SMARTS) is 1. The third-order valence-electron chi connectivity index (χ3n) is 3.03. The van der Waals surface area contributed by atoms with E-state index in [9.17, 15) is 4.79 Å². The van der Waals surface area contributed by atoms with E-state index in [1.54, 1.807) is 0 Å². The van der Waals surface area contributed by atoms with Gasteiger partial charge in [-0.05, 0) is 12.5 Å². The standard InChI is InChI=1S/C11H22N2O2/c1-4-13(6-9(2)3)11(5-10(14)15)7-12-8-11/h9,12H,4-8H2,1-3H3,(H,14,15). The van der Waals surface area contributed by atoms with Crippen molar-refractivity contribution in [1.29, 1.82) is 0 Å². The summed E-state index contributed by atoms with van der Waals surface area (Å²) in [5.41, 5.74) is -0.134. The van der Waals surface area contributed by atoms with Crippen molar-refractivity contribution in [3.05, 3.63) is 0 Å². The van der Waals surface area contributed by atoms with Crippen molar-refractivity contribution in [2.24, 2.45) is 5.92 Å². The fourth-order valence-electron chi connectivity index (χ4n) is 2.25. The first-order valence-corrected chi connectivity index (χ1v) is 5.68. The lowest BCUT2D eigenvalue weighted by molar-refractivity contribution is -0.142. The third-order valence-corrected chi connectivity index (χ3v) is 3.03. The monoisotopic (exact) mass is 214 g/mol. The van der Waals surface area contributed by atoms with Crippen LogP contribution >= 0.6 is 0 Å². The predicted octanol–water partition coefficient (Wildman–Crippen LogP) is 0.781. The Morgan fingerprint density at radius 2 is 2.13 bits per heavy atom. The Balaban J connectivity index is 2.64. The molecule has 15 heavy (non-hydrogen) atoms. The van der Waals surface area contributed by atoms with Crippen LogP contribution in [-0.4, -0.2) is 47.7 Å². The molecule has 1 heterocycles. The van der Waals surface area contributed by atoms with Crippen LogP contribution in [0.3, 0.4) is 0 Å².